The van der Waals surface area contributed by atoms with Gasteiger partial charge in [0.25, 0.3) is 0 Å². The van der Waals surface area contributed by atoms with Gasteiger partial charge >= 0.3 is 0 Å². The van der Waals surface area contributed by atoms with Gasteiger partial charge in [-0.3, -0.25) is 38.4 Å². The third-order valence-corrected chi connectivity index (χ3v) is 9.10. The van der Waals surface area contributed by atoms with Crippen molar-refractivity contribution in [2.75, 3.05) is 13.1 Å². The first-order valence-electron chi connectivity index (χ1n) is 19.3. The molecule has 0 aromatic rings. The highest BCUT2D eigenvalue weighted by atomic mass is 16.2. The summed E-state index contributed by atoms with van der Waals surface area (Å²) in [4.78, 5) is 103. The van der Waals surface area contributed by atoms with Crippen LogP contribution in [0.2, 0.25) is 0 Å². The first kappa shape index (κ1) is 48.3. The van der Waals surface area contributed by atoms with E-state index in [0.29, 0.717) is 25.8 Å². The van der Waals surface area contributed by atoms with E-state index in [1.807, 2.05) is 41.5 Å². The van der Waals surface area contributed by atoms with Crippen LogP contribution in [0.15, 0.2) is 24.3 Å². The van der Waals surface area contributed by atoms with E-state index in [4.69, 9.17) is 5.73 Å². The van der Waals surface area contributed by atoms with E-state index in [1.165, 1.54) is 30.1 Å². The number of nitrogens with zero attached hydrogens (tertiary/aromatic N) is 1. The number of likely N-dealkylation sites (tertiary alicyclic amines) is 1. The Labute approximate surface area is 326 Å². The molecule has 0 bridgehead atoms. The molecule has 0 aliphatic carbocycles. The summed E-state index contributed by atoms with van der Waals surface area (Å²) in [6, 6.07) is -4.46. The molecule has 0 saturated carbocycles. The number of nitrogens with two attached hydrogens (primary N) is 1. The summed E-state index contributed by atoms with van der Waals surface area (Å²) in [5.41, 5.74) is 5.37. The third kappa shape index (κ3) is 17.1. The van der Waals surface area contributed by atoms with Crippen LogP contribution in [0, 0.1) is 29.6 Å². The molecule has 310 valence electrons. The summed E-state index contributed by atoms with van der Waals surface area (Å²) >= 11 is 0. The summed E-state index contributed by atoms with van der Waals surface area (Å²) in [6.45, 7) is 19.6. The molecule has 0 radical (unpaired) electrons. The fraction of sp³-hybridized carbons (Fsp3) is 0.692. The SMILES string of the molecule is CC(=O)N[C@H](C(=O)N[C@H](/C=C/C(=O)N[C@H](C(=O)N1CCC[C@@H]1C(=O)NCC(=O)N[C@H](/C=C/C(=O)N[C@H](C(N)=O)C(C)C)C(C)C)C(C)C)CC(C)C)C(C)C. The zero-order chi connectivity index (χ0) is 42.2. The van der Waals surface area contributed by atoms with Crippen molar-refractivity contribution < 1.29 is 38.4 Å². The molecule has 1 fully saturated rings. The normalized spacial score (nSPS) is 17.3. The molecular formula is C39H66N8O8. The molecule has 0 aromatic carbocycles. The smallest absolute Gasteiger partial charge is 0.246 e. The Morgan fingerprint density at radius 2 is 1.24 bits per heavy atom. The molecule has 8 N–H and O–H groups in total. The Bertz CT molecular complexity index is 1420. The number of amides is 8. The van der Waals surface area contributed by atoms with Gasteiger partial charge in [0.15, 0.2) is 0 Å². The highest BCUT2D eigenvalue weighted by molar-refractivity contribution is 5.96. The van der Waals surface area contributed by atoms with Gasteiger partial charge in [-0.2, -0.15) is 0 Å². The van der Waals surface area contributed by atoms with E-state index in [-0.39, 0.29) is 47.9 Å². The number of carbonyl (C=O) groups is 8. The van der Waals surface area contributed by atoms with Gasteiger partial charge in [0.05, 0.1) is 6.54 Å². The minimum Gasteiger partial charge on any atom is -0.368 e. The lowest BCUT2D eigenvalue weighted by Gasteiger charge is -2.30. The Morgan fingerprint density at radius 3 is 1.73 bits per heavy atom. The molecule has 1 aliphatic rings. The maximum atomic E-state index is 13.8. The Hall–Kier alpha value is -4.76. The fourth-order valence-electron chi connectivity index (χ4n) is 6.04. The molecule has 0 spiro atoms. The van der Waals surface area contributed by atoms with Crippen LogP contribution in [0.3, 0.4) is 0 Å². The fourth-order valence-corrected chi connectivity index (χ4v) is 6.04. The van der Waals surface area contributed by atoms with Crippen molar-refractivity contribution in [3.63, 3.8) is 0 Å². The lowest BCUT2D eigenvalue weighted by molar-refractivity contribution is -0.142. The zero-order valence-electron chi connectivity index (χ0n) is 34.5. The molecule has 16 heteroatoms. The van der Waals surface area contributed by atoms with Crippen LogP contribution in [0.5, 0.6) is 0 Å². The Kier molecular flexibility index (Phi) is 20.4. The molecule has 1 saturated heterocycles. The van der Waals surface area contributed by atoms with Crippen molar-refractivity contribution in [1.29, 1.82) is 0 Å². The molecule has 0 unspecified atom stereocenters. The quantitative estimate of drug-likeness (QED) is 0.0822. The van der Waals surface area contributed by atoms with Crippen molar-refractivity contribution >= 4 is 47.3 Å². The van der Waals surface area contributed by atoms with Gasteiger partial charge in [-0.15, -0.1) is 0 Å². The van der Waals surface area contributed by atoms with E-state index in [1.54, 1.807) is 33.8 Å². The maximum Gasteiger partial charge on any atom is 0.246 e. The van der Waals surface area contributed by atoms with Crippen LogP contribution in [0.4, 0.5) is 0 Å². The van der Waals surface area contributed by atoms with Crippen molar-refractivity contribution in [3.8, 4) is 0 Å². The summed E-state index contributed by atoms with van der Waals surface area (Å²) in [6.07, 6.45) is 7.03. The van der Waals surface area contributed by atoms with Crippen LogP contribution < -0.4 is 37.6 Å². The van der Waals surface area contributed by atoms with E-state index < -0.39 is 71.7 Å². The monoisotopic (exact) mass is 775 g/mol. The molecular weight excluding hydrogens is 708 g/mol. The van der Waals surface area contributed by atoms with Gasteiger partial charge in [-0.25, -0.2) is 0 Å². The molecule has 1 aliphatic heterocycles. The first-order valence-corrected chi connectivity index (χ1v) is 19.3. The molecule has 0 aromatic heterocycles. The van der Waals surface area contributed by atoms with Crippen LogP contribution in [0.1, 0.15) is 95.4 Å². The first-order chi connectivity index (χ1) is 25.5. The number of nitrogens with one attached hydrogen (secondary N) is 6. The van der Waals surface area contributed by atoms with Crippen molar-refractivity contribution in [2.45, 2.75) is 132 Å². The molecule has 8 amide bonds. The molecule has 16 nitrogen and oxygen atoms in total. The van der Waals surface area contributed by atoms with E-state index in [9.17, 15) is 38.4 Å². The summed E-state index contributed by atoms with van der Waals surface area (Å²) in [5.74, 6) is -4.54. The summed E-state index contributed by atoms with van der Waals surface area (Å²) < 4.78 is 0. The van der Waals surface area contributed by atoms with Crippen LogP contribution >= 0.6 is 0 Å². The second kappa shape index (κ2) is 23.2. The number of rotatable bonds is 21. The predicted octanol–water partition coefficient (Wildman–Crippen LogP) is 0.805. The average Bonchev–Trinajstić information content (AvgIpc) is 3.57. The molecule has 1 rings (SSSR count). The van der Waals surface area contributed by atoms with Gasteiger partial charge in [0.1, 0.15) is 24.2 Å². The highest BCUT2D eigenvalue weighted by Gasteiger charge is 2.38. The number of carbonyl (C=O) groups excluding carboxylic acids is 8. The third-order valence-electron chi connectivity index (χ3n) is 9.10. The zero-order valence-corrected chi connectivity index (χ0v) is 34.5. The van der Waals surface area contributed by atoms with E-state index in [0.717, 1.165) is 0 Å². The predicted molar refractivity (Wildman–Crippen MR) is 209 cm³/mol. The maximum absolute atomic E-state index is 13.8. The molecule has 1 heterocycles. The Balaban J connectivity index is 2.93. The van der Waals surface area contributed by atoms with Crippen LogP contribution in [0.25, 0.3) is 0 Å². The van der Waals surface area contributed by atoms with Gasteiger partial charge in [-0.1, -0.05) is 81.4 Å². The molecule has 55 heavy (non-hydrogen) atoms. The Morgan fingerprint density at radius 1 is 0.691 bits per heavy atom. The van der Waals surface area contributed by atoms with Gasteiger partial charge in [0.2, 0.25) is 47.3 Å². The number of hydrogen-bond acceptors (Lipinski definition) is 8. The topological polar surface area (TPSA) is 238 Å². The minimum absolute atomic E-state index is 0.117. The van der Waals surface area contributed by atoms with Crippen molar-refractivity contribution in [3.05, 3.63) is 24.3 Å². The lowest BCUT2D eigenvalue weighted by atomic mass is 9.99. The number of primary amides is 1. The number of hydrogen-bond donors (Lipinski definition) is 7. The highest BCUT2D eigenvalue weighted by Crippen LogP contribution is 2.21. The summed E-state index contributed by atoms with van der Waals surface area (Å²) in [7, 11) is 0. The van der Waals surface area contributed by atoms with Gasteiger partial charge in [0, 0.05) is 37.7 Å². The van der Waals surface area contributed by atoms with Crippen molar-refractivity contribution in [2.24, 2.45) is 35.3 Å². The summed E-state index contributed by atoms with van der Waals surface area (Å²) in [5, 5.41) is 16.3. The van der Waals surface area contributed by atoms with Crippen LogP contribution in [-0.4, -0.2) is 101 Å². The van der Waals surface area contributed by atoms with Gasteiger partial charge < -0.3 is 42.5 Å². The van der Waals surface area contributed by atoms with E-state index >= 15 is 0 Å². The van der Waals surface area contributed by atoms with Gasteiger partial charge in [-0.05, 0) is 48.9 Å². The average molecular weight is 775 g/mol. The van der Waals surface area contributed by atoms with E-state index in [2.05, 4.69) is 31.9 Å². The second-order valence-electron chi connectivity index (χ2n) is 16.0. The van der Waals surface area contributed by atoms with Crippen LogP contribution in [-0.2, 0) is 38.4 Å². The van der Waals surface area contributed by atoms with Crippen molar-refractivity contribution in [1.82, 2.24) is 36.8 Å². The molecule has 6 atom stereocenters. The standard InChI is InChI=1S/C39H66N8O8/c1-21(2)19-27(43-38(54)34(24(7)8)42-26(11)48)14-16-30(49)46-35(25(9)10)39(55)47-18-12-13-29(47)37(53)41-20-32(51)44-28(22(3)4)15-17-31(50)45-33(23(5)6)36(40)52/h14-17,21-25,27-29,33-35H,12-13,18-20H2,1-11H3,(H2,40,52)(H,41,53)(H,42,48)(H,43,54)(H,44,51)(H,45,50)(H,46,49)/b16-14+,17-15+/t27-,28-,29-,33+,34+,35+/m1/s1. The second-order valence-corrected chi connectivity index (χ2v) is 16.0. The lowest BCUT2D eigenvalue weighted by Crippen LogP contribution is -2.55. The largest absolute Gasteiger partial charge is 0.368 e. The minimum atomic E-state index is -0.952.